The number of nitrogens with one attached hydrogen (secondary N) is 6. The van der Waals surface area contributed by atoms with Crippen molar-refractivity contribution in [1.29, 1.82) is 0 Å². The Kier molecular flexibility index (Phi) is 25.8. The average Bonchev–Trinajstić information content (AvgIpc) is 1.88. The van der Waals surface area contributed by atoms with Gasteiger partial charge < -0.3 is 61.2 Å². The summed E-state index contributed by atoms with van der Waals surface area (Å²) in [5.41, 5.74) is 19.5. The van der Waals surface area contributed by atoms with Crippen LogP contribution >= 0.6 is 23.2 Å². The number of hydrogen-bond acceptors (Lipinski definition) is 16. The maximum absolute atomic E-state index is 13.1. The number of nitrogens with two attached hydrogens (primary N) is 2. The fourth-order valence-electron chi connectivity index (χ4n) is 11.6. The topological polar surface area (TPSA) is 288 Å². The standard InChI is InChI=1S/C60H86Cl2N10O12S2/c1-41-33-43(61)35-53-51(41)37-55(71-23-5-7-45(63)39-71)57(53)83-47-9-13-49(14-10-47)85(75,76)69-21-27-81-31-29-79-25-19-67-59(73)65-17-3-4-18-66-60(74)68-20-26-80-30-32-82-28-22-70-86(77,78)50-15-11-48(12-16-50)84-58-54-36-44(62)34-42(2)52(54)38-56(58)72-24-6-8-46(64)40-72/h9-16,33-36,45-46,55-58,69-70H,3-8,17-32,37-40,63-64H2,1-2H3,(H2,65,67,73)(H2,66,68,74)/t45-,46-,55+,56+,57+,58+/m1/s1. The highest BCUT2D eigenvalue weighted by Gasteiger charge is 2.42. The van der Waals surface area contributed by atoms with Gasteiger partial charge in [-0.15, -0.1) is 0 Å². The molecule has 2 aliphatic heterocycles. The lowest BCUT2D eigenvalue weighted by molar-refractivity contribution is 0.0516. The minimum Gasteiger partial charge on any atom is -0.484 e. The third-order valence-corrected chi connectivity index (χ3v) is 19.2. The van der Waals surface area contributed by atoms with Crippen molar-refractivity contribution in [3.05, 3.63) is 116 Å². The zero-order valence-electron chi connectivity index (χ0n) is 49.3. The summed E-state index contributed by atoms with van der Waals surface area (Å²) < 4.78 is 92.7. The molecule has 0 radical (unpaired) electrons. The van der Waals surface area contributed by atoms with Gasteiger partial charge in [-0.05, 0) is 184 Å². The van der Waals surface area contributed by atoms with Gasteiger partial charge in [0, 0.05) is 74.5 Å². The Hall–Kier alpha value is -4.90. The molecule has 0 bridgehead atoms. The molecule has 0 unspecified atom stereocenters. The summed E-state index contributed by atoms with van der Waals surface area (Å²) >= 11 is 13.0. The number of urea groups is 2. The Morgan fingerprint density at radius 1 is 0.523 bits per heavy atom. The predicted molar refractivity (Wildman–Crippen MR) is 330 cm³/mol. The quantitative estimate of drug-likeness (QED) is 0.0283. The SMILES string of the molecule is Cc1cc(Cl)cc2c1C[C@H](N1CCC[C@@H](N)C1)[C@H]2Oc1ccc(S(=O)(=O)NCCOCCOCCNC(=O)NCCCCNC(=O)NCCOCCOCCNS(=O)(=O)c2ccc(O[C@H]3c4cc(Cl)cc(C)c4C[C@@H]3N3CCC[C@@H](N)C3)cc2)cc1. The summed E-state index contributed by atoms with van der Waals surface area (Å²) in [6, 6.07) is 20.5. The second-order valence-corrected chi connectivity index (χ2v) is 26.7. The van der Waals surface area contributed by atoms with Gasteiger partial charge in [0.25, 0.3) is 0 Å². The van der Waals surface area contributed by atoms with E-state index in [0.29, 0.717) is 47.5 Å². The van der Waals surface area contributed by atoms with Crippen molar-refractivity contribution in [2.75, 3.05) is 118 Å². The molecule has 2 aliphatic carbocycles. The first kappa shape index (κ1) is 67.0. The largest absolute Gasteiger partial charge is 0.484 e. The molecule has 4 aromatic carbocycles. The van der Waals surface area contributed by atoms with E-state index in [-0.39, 0.29) is 137 Å². The van der Waals surface area contributed by atoms with Crippen LogP contribution in [0.3, 0.4) is 0 Å². The first-order valence-corrected chi connectivity index (χ1v) is 33.6. The van der Waals surface area contributed by atoms with Crippen molar-refractivity contribution >= 4 is 55.3 Å². The van der Waals surface area contributed by atoms with Crippen LogP contribution in [-0.2, 0) is 51.8 Å². The van der Waals surface area contributed by atoms with Crippen LogP contribution in [0.25, 0.3) is 0 Å². The summed E-state index contributed by atoms with van der Waals surface area (Å²) in [5, 5.41) is 12.3. The maximum Gasteiger partial charge on any atom is 0.314 e. The van der Waals surface area contributed by atoms with Gasteiger partial charge in [-0.25, -0.2) is 35.9 Å². The van der Waals surface area contributed by atoms with Crippen LogP contribution in [0.2, 0.25) is 10.0 Å². The molecule has 2 fully saturated rings. The van der Waals surface area contributed by atoms with Crippen molar-refractivity contribution in [3.8, 4) is 11.5 Å². The molecule has 86 heavy (non-hydrogen) atoms. The van der Waals surface area contributed by atoms with Crippen LogP contribution in [0.1, 0.15) is 84.1 Å². The molecule has 10 N–H and O–H groups in total. The average molecular weight is 1270 g/mol. The van der Waals surface area contributed by atoms with E-state index < -0.39 is 20.0 Å². The highest BCUT2D eigenvalue weighted by atomic mass is 35.5. The number of halogens is 2. The van der Waals surface area contributed by atoms with E-state index in [1.807, 2.05) is 24.3 Å². The van der Waals surface area contributed by atoms with E-state index in [9.17, 15) is 26.4 Å². The summed E-state index contributed by atoms with van der Waals surface area (Å²) in [5.74, 6) is 1.12. The van der Waals surface area contributed by atoms with Gasteiger partial charge in [-0.3, -0.25) is 9.80 Å². The number of ether oxygens (including phenoxy) is 6. The molecule has 0 saturated carbocycles. The van der Waals surface area contributed by atoms with Crippen molar-refractivity contribution in [2.24, 2.45) is 11.5 Å². The fourth-order valence-corrected chi connectivity index (χ4v) is 14.2. The number of hydrogen-bond donors (Lipinski definition) is 8. The molecule has 8 rings (SSSR count). The van der Waals surface area contributed by atoms with Gasteiger partial charge in [0.15, 0.2) is 0 Å². The number of aryl methyl sites for hydroxylation is 2. The normalized spacial score (nSPS) is 20.7. The Labute approximate surface area is 516 Å². The number of benzene rings is 4. The molecule has 0 aromatic heterocycles. The van der Waals surface area contributed by atoms with Gasteiger partial charge in [0.2, 0.25) is 20.0 Å². The molecule has 474 valence electrons. The Morgan fingerprint density at radius 3 is 1.26 bits per heavy atom. The molecular weight excluding hydrogens is 1190 g/mol. The van der Waals surface area contributed by atoms with Gasteiger partial charge in [-0.2, -0.15) is 0 Å². The molecule has 4 amide bonds. The number of piperidine rings is 2. The van der Waals surface area contributed by atoms with Crippen molar-refractivity contribution < 1.29 is 54.8 Å². The highest BCUT2D eigenvalue weighted by molar-refractivity contribution is 7.89. The lowest BCUT2D eigenvalue weighted by atomic mass is 10.0. The fraction of sp³-hybridized carbons (Fsp3) is 0.567. The number of carbonyl (C=O) groups is 2. The lowest BCUT2D eigenvalue weighted by Crippen LogP contribution is -2.49. The second-order valence-electron chi connectivity index (χ2n) is 22.3. The number of unbranched alkanes of at least 4 members (excludes halogenated alkanes) is 1. The summed E-state index contributed by atoms with van der Waals surface area (Å²) in [6.45, 7) is 11.0. The molecule has 26 heteroatoms. The molecule has 4 aliphatic rings. The van der Waals surface area contributed by atoms with E-state index in [4.69, 9.17) is 63.1 Å². The van der Waals surface area contributed by atoms with E-state index in [0.717, 1.165) is 87.0 Å². The molecule has 0 spiro atoms. The number of amides is 4. The van der Waals surface area contributed by atoms with Crippen molar-refractivity contribution in [1.82, 2.24) is 40.5 Å². The number of fused-ring (bicyclic) bond motifs is 2. The van der Waals surface area contributed by atoms with Gasteiger partial charge in [0.05, 0.1) is 74.7 Å². The number of rotatable bonds is 33. The second kappa shape index (κ2) is 33.1. The highest BCUT2D eigenvalue weighted by Crippen LogP contribution is 2.43. The van der Waals surface area contributed by atoms with E-state index in [1.54, 1.807) is 24.3 Å². The van der Waals surface area contributed by atoms with Gasteiger partial charge >= 0.3 is 12.1 Å². The molecule has 22 nitrogen and oxygen atoms in total. The van der Waals surface area contributed by atoms with Crippen LogP contribution in [0, 0.1) is 13.8 Å². The molecule has 2 saturated heterocycles. The molecule has 6 atom stereocenters. The number of nitrogens with zero attached hydrogens (tertiary/aromatic N) is 2. The van der Waals surface area contributed by atoms with Crippen molar-refractivity contribution in [3.63, 3.8) is 0 Å². The number of sulfonamides is 2. The van der Waals surface area contributed by atoms with Crippen LogP contribution in [-0.4, -0.2) is 181 Å². The summed E-state index contributed by atoms with van der Waals surface area (Å²) in [7, 11) is -7.59. The minimum absolute atomic E-state index is 0.0703. The Morgan fingerprint density at radius 2 is 0.884 bits per heavy atom. The molecular formula is C60H86Cl2N10O12S2. The van der Waals surface area contributed by atoms with E-state index in [1.165, 1.54) is 35.4 Å². The first-order valence-electron chi connectivity index (χ1n) is 29.9. The predicted octanol–water partition coefficient (Wildman–Crippen LogP) is 5.25. The van der Waals surface area contributed by atoms with E-state index >= 15 is 0 Å². The lowest BCUT2D eigenvalue weighted by Gasteiger charge is -2.38. The van der Waals surface area contributed by atoms with Gasteiger partial charge in [-0.1, -0.05) is 23.2 Å². The summed E-state index contributed by atoms with van der Waals surface area (Å²) in [4.78, 5) is 29.4. The van der Waals surface area contributed by atoms with Crippen LogP contribution in [0.4, 0.5) is 9.59 Å². The van der Waals surface area contributed by atoms with Crippen LogP contribution in [0.5, 0.6) is 11.5 Å². The van der Waals surface area contributed by atoms with Gasteiger partial charge in [0.1, 0.15) is 23.7 Å². The zero-order valence-corrected chi connectivity index (χ0v) is 52.4. The Balaban J connectivity index is 0.581. The third kappa shape index (κ3) is 19.8. The monoisotopic (exact) mass is 1270 g/mol. The Bertz CT molecular complexity index is 2860. The smallest absolute Gasteiger partial charge is 0.314 e. The summed E-state index contributed by atoms with van der Waals surface area (Å²) in [6.07, 6.45) is 6.47. The molecule has 2 heterocycles. The maximum atomic E-state index is 13.1. The number of likely N-dealkylation sites (tertiary alicyclic amines) is 2. The van der Waals surface area contributed by atoms with E-state index in [2.05, 4.69) is 54.4 Å². The minimum atomic E-state index is -3.80. The third-order valence-electron chi connectivity index (χ3n) is 15.9. The first-order chi connectivity index (χ1) is 41.4. The van der Waals surface area contributed by atoms with Crippen molar-refractivity contribution in [2.45, 2.75) is 111 Å². The molecule has 4 aromatic rings. The van der Waals surface area contributed by atoms with Crippen LogP contribution in [0.15, 0.2) is 82.6 Å². The number of carbonyl (C=O) groups excluding carboxylic acids is 2. The van der Waals surface area contributed by atoms with Crippen LogP contribution < -0.4 is 51.7 Å². The zero-order chi connectivity index (χ0) is 61.1.